The zero-order valence-electron chi connectivity index (χ0n) is 25.5. The van der Waals surface area contributed by atoms with Crippen molar-refractivity contribution in [2.45, 2.75) is 17.1 Å². The highest BCUT2D eigenvalue weighted by Crippen LogP contribution is 2.37. The molecule has 2 amide bonds. The lowest BCUT2D eigenvalue weighted by Gasteiger charge is -2.17. The number of thioether (sulfide) groups is 1. The molecule has 5 aromatic carbocycles. The molecular formula is C37H30N4O5S. The lowest BCUT2D eigenvalue weighted by atomic mass is 9.98. The number of aromatic nitrogens is 2. The predicted octanol–water partition coefficient (Wildman–Crippen LogP) is 7.06. The van der Waals surface area contributed by atoms with Crippen LogP contribution in [0, 0.1) is 6.92 Å². The summed E-state index contributed by atoms with van der Waals surface area (Å²) in [7, 11) is 1.77. The summed E-state index contributed by atoms with van der Waals surface area (Å²) in [6, 6.07) is 35.5. The molecule has 47 heavy (non-hydrogen) atoms. The topological polar surface area (TPSA) is 122 Å². The molecular weight excluding hydrogens is 612 g/mol. The third-order valence-corrected chi connectivity index (χ3v) is 9.15. The molecule has 3 N–H and O–H groups in total. The van der Waals surface area contributed by atoms with E-state index in [1.165, 1.54) is 22.5 Å². The van der Waals surface area contributed by atoms with Crippen molar-refractivity contribution in [1.82, 2.24) is 9.36 Å². The molecule has 0 saturated carbocycles. The summed E-state index contributed by atoms with van der Waals surface area (Å²) in [4.78, 5) is 53.2. The smallest absolute Gasteiger partial charge is 0.336 e. The van der Waals surface area contributed by atoms with Crippen molar-refractivity contribution in [2.75, 3.05) is 10.6 Å². The lowest BCUT2D eigenvalue weighted by molar-refractivity contribution is -0.115. The first kappa shape index (κ1) is 31.1. The summed E-state index contributed by atoms with van der Waals surface area (Å²) in [5.41, 5.74) is 2.75. The molecule has 1 heterocycles. The van der Waals surface area contributed by atoms with E-state index >= 15 is 0 Å². The quantitative estimate of drug-likeness (QED) is 0.145. The Morgan fingerprint density at radius 1 is 0.745 bits per heavy atom. The van der Waals surface area contributed by atoms with Gasteiger partial charge in [-0.3, -0.25) is 19.1 Å². The van der Waals surface area contributed by atoms with Gasteiger partial charge in [0, 0.05) is 28.6 Å². The number of carboxylic acid groups (broad SMARTS) is 1. The number of aromatic carboxylic acids is 1. The van der Waals surface area contributed by atoms with Gasteiger partial charge in [0.2, 0.25) is 5.91 Å². The molecule has 10 heteroatoms. The summed E-state index contributed by atoms with van der Waals surface area (Å²) in [6.45, 7) is 1.79. The third-order valence-electron chi connectivity index (χ3n) is 7.89. The van der Waals surface area contributed by atoms with Crippen molar-refractivity contribution in [3.8, 4) is 5.69 Å². The number of hydrogen-bond acceptors (Lipinski definition) is 5. The van der Waals surface area contributed by atoms with E-state index in [0.717, 1.165) is 10.5 Å². The van der Waals surface area contributed by atoms with Crippen LogP contribution in [0.2, 0.25) is 0 Å². The van der Waals surface area contributed by atoms with E-state index in [9.17, 15) is 24.3 Å². The van der Waals surface area contributed by atoms with Crippen molar-refractivity contribution in [1.29, 1.82) is 0 Å². The number of carbonyl (C=O) groups excluding carboxylic acids is 2. The number of amides is 2. The van der Waals surface area contributed by atoms with Crippen LogP contribution >= 0.6 is 11.8 Å². The molecule has 0 aliphatic rings. The highest BCUT2D eigenvalue weighted by molar-refractivity contribution is 8.00. The van der Waals surface area contributed by atoms with Crippen LogP contribution in [0.5, 0.6) is 0 Å². The van der Waals surface area contributed by atoms with Gasteiger partial charge in [0.05, 0.1) is 16.9 Å². The van der Waals surface area contributed by atoms with Crippen molar-refractivity contribution < 1.29 is 19.5 Å². The normalized spacial score (nSPS) is 11.6. The Bertz CT molecular complexity index is 2170. The minimum atomic E-state index is -1.11. The Hall–Kier alpha value is -5.87. The molecule has 0 spiro atoms. The second-order valence-corrected chi connectivity index (χ2v) is 12.0. The summed E-state index contributed by atoms with van der Waals surface area (Å²) in [5, 5.41) is 15.8. The van der Waals surface area contributed by atoms with E-state index in [1.54, 1.807) is 73.3 Å². The molecule has 6 aromatic rings. The van der Waals surface area contributed by atoms with E-state index in [0.29, 0.717) is 27.8 Å². The number of para-hydroxylation sites is 1. The standard InChI is InChI=1S/C37H30N4O5S/c1-23-32(36(44)41(40(23)2)27-15-7-4-8-16-27)39-35(43)33(25-11-5-3-6-12-25)47-28-21-19-26(20-22-28)38-34(42)29-17-9-13-24-14-10-18-30(31(24)29)37(45)46/h3-22,33H,1-2H3,(H,38,42)(H,39,43)(H,45,46). The zero-order chi connectivity index (χ0) is 33.1. The Morgan fingerprint density at radius 3 is 2.00 bits per heavy atom. The van der Waals surface area contributed by atoms with Gasteiger partial charge in [-0.25, -0.2) is 9.48 Å². The summed E-state index contributed by atoms with van der Waals surface area (Å²) in [5.74, 6) is -1.90. The molecule has 0 bridgehead atoms. The minimum absolute atomic E-state index is 0.0508. The number of nitrogens with one attached hydrogen (secondary N) is 2. The Balaban J connectivity index is 1.24. The number of rotatable bonds is 9. The molecule has 0 aliphatic heterocycles. The fourth-order valence-corrected chi connectivity index (χ4v) is 6.49. The maximum atomic E-state index is 13.8. The van der Waals surface area contributed by atoms with Gasteiger partial charge in [-0.05, 0) is 66.4 Å². The van der Waals surface area contributed by atoms with Crippen LogP contribution in [0.3, 0.4) is 0 Å². The first-order valence-electron chi connectivity index (χ1n) is 14.8. The molecule has 0 saturated heterocycles. The van der Waals surface area contributed by atoms with E-state index in [2.05, 4.69) is 10.6 Å². The van der Waals surface area contributed by atoms with E-state index in [-0.39, 0.29) is 28.3 Å². The number of hydrogen-bond donors (Lipinski definition) is 3. The van der Waals surface area contributed by atoms with Gasteiger partial charge < -0.3 is 15.7 Å². The molecule has 234 valence electrons. The number of fused-ring (bicyclic) bond motifs is 1. The predicted molar refractivity (Wildman–Crippen MR) is 185 cm³/mol. The van der Waals surface area contributed by atoms with E-state index < -0.39 is 17.1 Å². The monoisotopic (exact) mass is 642 g/mol. The van der Waals surface area contributed by atoms with Gasteiger partial charge >= 0.3 is 5.97 Å². The highest BCUT2D eigenvalue weighted by Gasteiger charge is 2.26. The molecule has 0 aliphatic carbocycles. The average molecular weight is 643 g/mol. The van der Waals surface area contributed by atoms with Crippen LogP contribution < -0.4 is 16.2 Å². The highest BCUT2D eigenvalue weighted by atomic mass is 32.2. The van der Waals surface area contributed by atoms with Crippen LogP contribution in [0.4, 0.5) is 11.4 Å². The molecule has 1 aromatic heterocycles. The number of carboxylic acids is 1. The molecule has 1 unspecified atom stereocenters. The number of nitrogens with zero attached hydrogens (tertiary/aromatic N) is 2. The fraction of sp³-hybridized carbons (Fsp3) is 0.0811. The fourth-order valence-electron chi connectivity index (χ4n) is 5.46. The molecule has 9 nitrogen and oxygen atoms in total. The largest absolute Gasteiger partial charge is 0.478 e. The van der Waals surface area contributed by atoms with Crippen molar-refractivity contribution in [3.63, 3.8) is 0 Å². The van der Waals surface area contributed by atoms with E-state index in [1.807, 2.05) is 60.7 Å². The van der Waals surface area contributed by atoms with Gasteiger partial charge in [0.1, 0.15) is 10.9 Å². The molecule has 0 radical (unpaired) electrons. The van der Waals surface area contributed by atoms with Gasteiger partial charge in [0.25, 0.3) is 11.5 Å². The van der Waals surface area contributed by atoms with Gasteiger partial charge in [-0.15, -0.1) is 11.8 Å². The number of carbonyl (C=O) groups is 3. The molecule has 1 atom stereocenters. The van der Waals surface area contributed by atoms with Crippen LogP contribution in [0.1, 0.15) is 37.2 Å². The second-order valence-electron chi connectivity index (χ2n) is 10.8. The minimum Gasteiger partial charge on any atom is -0.478 e. The molecule has 0 fully saturated rings. The van der Waals surface area contributed by atoms with Crippen LogP contribution in [-0.2, 0) is 11.8 Å². The van der Waals surface area contributed by atoms with Gasteiger partial charge in [-0.2, -0.15) is 0 Å². The Morgan fingerprint density at radius 2 is 1.36 bits per heavy atom. The SMILES string of the molecule is Cc1c(NC(=O)C(Sc2ccc(NC(=O)c3cccc4cccc(C(=O)O)c34)cc2)c2ccccc2)c(=O)n(-c2ccccc2)n1C. The van der Waals surface area contributed by atoms with Crippen molar-refractivity contribution >= 4 is 51.7 Å². The maximum absolute atomic E-state index is 13.8. The first-order valence-corrected chi connectivity index (χ1v) is 15.6. The van der Waals surface area contributed by atoms with Crippen LogP contribution in [-0.4, -0.2) is 32.3 Å². The molecule has 6 rings (SSSR count). The van der Waals surface area contributed by atoms with Crippen LogP contribution in [0.25, 0.3) is 16.5 Å². The summed E-state index contributed by atoms with van der Waals surface area (Å²) >= 11 is 1.31. The summed E-state index contributed by atoms with van der Waals surface area (Å²) in [6.07, 6.45) is 0. The lowest BCUT2D eigenvalue weighted by Crippen LogP contribution is -2.25. The first-order chi connectivity index (χ1) is 22.7. The van der Waals surface area contributed by atoms with Crippen LogP contribution in [0.15, 0.2) is 131 Å². The van der Waals surface area contributed by atoms with E-state index in [4.69, 9.17) is 0 Å². The zero-order valence-corrected chi connectivity index (χ0v) is 26.3. The average Bonchev–Trinajstić information content (AvgIpc) is 3.30. The Labute approximate surface area is 274 Å². The summed E-state index contributed by atoms with van der Waals surface area (Å²) < 4.78 is 3.23. The Kier molecular flexibility index (Phi) is 8.77. The maximum Gasteiger partial charge on any atom is 0.336 e. The second kappa shape index (κ2) is 13.2. The van der Waals surface area contributed by atoms with Crippen molar-refractivity contribution in [3.05, 3.63) is 154 Å². The number of benzene rings is 5. The van der Waals surface area contributed by atoms with Gasteiger partial charge in [-0.1, -0.05) is 72.8 Å². The number of anilines is 2. The van der Waals surface area contributed by atoms with Crippen molar-refractivity contribution in [2.24, 2.45) is 7.05 Å². The third kappa shape index (κ3) is 6.31. The van der Waals surface area contributed by atoms with Gasteiger partial charge in [0.15, 0.2) is 0 Å².